The van der Waals surface area contributed by atoms with Gasteiger partial charge in [0.05, 0.1) is 0 Å². The summed E-state index contributed by atoms with van der Waals surface area (Å²) in [7, 11) is 0. The van der Waals surface area contributed by atoms with E-state index in [1.165, 1.54) is 51.4 Å². The molecule has 2 nitrogen and oxygen atoms in total. The summed E-state index contributed by atoms with van der Waals surface area (Å²) < 4.78 is 0. The lowest BCUT2D eigenvalue weighted by molar-refractivity contribution is -0.122. The second-order valence-corrected chi connectivity index (χ2v) is 18.7. The Bertz CT molecular complexity index is 419. The van der Waals surface area contributed by atoms with Crippen molar-refractivity contribution in [1.29, 1.82) is 0 Å². The Morgan fingerprint density at radius 2 is 0.286 bits per heavy atom. The van der Waals surface area contributed by atoms with Crippen LogP contribution in [0.3, 0.4) is 0 Å². The molecule has 0 aromatic carbocycles. The van der Waals surface area contributed by atoms with Crippen molar-refractivity contribution in [3.05, 3.63) is 0 Å². The minimum absolute atomic E-state index is 0.227. The number of hydrogen-bond donors (Lipinski definition) is 0. The first kappa shape index (κ1) is 133. The standard InChI is InChI=1S/2C6H12O.2C5H12.4C4H10.6C3H8.6C2H6/c2*1-4-6(7)5(2)3;2*1-4-5(2)3;4*1-4(2)3;6*1-3-2;6*1-2/h2*5H,4H2,1-3H3;2*5H,4H2,1-3H3;4*4H,1-3H3;6*3H2,1-2H3;6*1-2H3. The van der Waals surface area contributed by atoms with Crippen LogP contribution in [0.2, 0.25) is 0 Å². The van der Waals surface area contributed by atoms with Gasteiger partial charge >= 0.3 is 0 Å². The maximum Gasteiger partial charge on any atom is 0.135 e. The number of hydrogen-bond acceptors (Lipinski definition) is 2. The van der Waals surface area contributed by atoms with Gasteiger partial charge in [0.25, 0.3) is 0 Å². The van der Waals surface area contributed by atoms with Crippen molar-refractivity contribution in [2.24, 2.45) is 47.3 Å². The zero-order valence-electron chi connectivity index (χ0n) is 61.5. The fraction of sp³-hybridized carbons (Fsp3) is 0.971. The highest BCUT2D eigenvalue weighted by Crippen LogP contribution is 1.97. The highest BCUT2D eigenvalue weighted by atomic mass is 16.1. The van der Waals surface area contributed by atoms with E-state index < -0.39 is 0 Å². The van der Waals surface area contributed by atoms with Gasteiger partial charge in [-0.15, -0.1) is 0 Å². The van der Waals surface area contributed by atoms with Gasteiger partial charge in [0.2, 0.25) is 0 Å². The molecular weight excluding hydrogens is 849 g/mol. The molecule has 70 heavy (non-hydrogen) atoms. The lowest BCUT2D eigenvalue weighted by Crippen LogP contribution is -2.03. The van der Waals surface area contributed by atoms with E-state index in [1.54, 1.807) is 0 Å². The van der Waals surface area contributed by atoms with E-state index >= 15 is 0 Å². The van der Waals surface area contributed by atoms with Crippen molar-refractivity contribution < 1.29 is 9.59 Å². The van der Waals surface area contributed by atoms with E-state index in [9.17, 15) is 9.59 Å². The second-order valence-electron chi connectivity index (χ2n) is 18.7. The molecule has 0 saturated heterocycles. The van der Waals surface area contributed by atoms with Crippen molar-refractivity contribution in [3.8, 4) is 0 Å². The molecule has 0 bridgehead atoms. The molecule has 0 heterocycles. The van der Waals surface area contributed by atoms with E-state index in [-0.39, 0.29) is 11.8 Å². The third-order valence-electron chi connectivity index (χ3n) is 3.62. The lowest BCUT2D eigenvalue weighted by Gasteiger charge is -1.96. The van der Waals surface area contributed by atoms with Gasteiger partial charge in [-0.05, 0) is 35.5 Å². The van der Waals surface area contributed by atoms with Crippen molar-refractivity contribution in [2.75, 3.05) is 0 Å². The molecule has 2 heteroatoms. The van der Waals surface area contributed by atoms with E-state index in [1.807, 2.05) is 125 Å². The Morgan fingerprint density at radius 3 is 0.286 bits per heavy atom. The number of carbonyl (C=O) groups excluding carboxylic acids is 2. The summed E-state index contributed by atoms with van der Waals surface area (Å²) in [6.07, 6.45) is 11.5. The van der Waals surface area contributed by atoms with Gasteiger partial charge in [0.15, 0.2) is 0 Å². The molecule has 0 N–H and O–H groups in total. The smallest absolute Gasteiger partial charge is 0.135 e. The summed E-state index contributed by atoms with van der Waals surface area (Å²) in [6, 6.07) is 0. The average Bonchev–Trinajstić information content (AvgIpc) is 3.28. The normalized spacial score (nSPS) is 7.43. The Balaban J connectivity index is -0.0000000212. The Morgan fingerprint density at radius 1 is 0.229 bits per heavy atom. The van der Waals surface area contributed by atoms with Crippen molar-refractivity contribution in [2.45, 2.75) is 397 Å². The number of carbonyl (C=O) groups is 2. The fourth-order valence-electron chi connectivity index (χ4n) is 0.816. The van der Waals surface area contributed by atoms with Gasteiger partial charge in [-0.25, -0.2) is 0 Å². The van der Waals surface area contributed by atoms with Gasteiger partial charge < -0.3 is 0 Å². The minimum Gasteiger partial charge on any atom is -0.299 e. The van der Waals surface area contributed by atoms with Crippen LogP contribution in [0.5, 0.6) is 0 Å². The molecule has 0 spiro atoms. The molecule has 0 aliphatic heterocycles. The molecule has 0 saturated carbocycles. The van der Waals surface area contributed by atoms with Crippen LogP contribution in [-0.2, 0) is 9.59 Å². The van der Waals surface area contributed by atoms with Crippen molar-refractivity contribution in [3.63, 3.8) is 0 Å². The molecule has 0 aromatic rings. The molecule has 0 fully saturated rings. The summed E-state index contributed by atoms with van der Waals surface area (Å²) in [5.41, 5.74) is 0. The summed E-state index contributed by atoms with van der Waals surface area (Å²) in [6.45, 7) is 100. The van der Waals surface area contributed by atoms with Gasteiger partial charge in [0, 0.05) is 24.7 Å². The van der Waals surface area contributed by atoms with Crippen LogP contribution < -0.4 is 0 Å². The largest absolute Gasteiger partial charge is 0.299 e. The Kier molecular flexibility index (Phi) is 381. The zero-order valence-corrected chi connectivity index (χ0v) is 61.5. The monoisotopic (exact) mass is 1020 g/mol. The molecule has 0 unspecified atom stereocenters. The summed E-state index contributed by atoms with van der Waals surface area (Å²) in [5.74, 6) is 6.25. The van der Waals surface area contributed by atoms with Gasteiger partial charge in [0.1, 0.15) is 11.6 Å². The number of ketones is 2. The molecule has 456 valence electrons. The Hall–Kier alpha value is -0.660. The molecule has 0 aliphatic carbocycles. The predicted molar refractivity (Wildman–Crippen MR) is 356 cm³/mol. The number of rotatable bonds is 6. The second kappa shape index (κ2) is 200. The highest BCUT2D eigenvalue weighted by molar-refractivity contribution is 5.80. The van der Waals surface area contributed by atoms with E-state index in [4.69, 9.17) is 0 Å². The van der Waals surface area contributed by atoms with E-state index in [0.717, 1.165) is 35.5 Å². The maximum atomic E-state index is 10.5. The van der Waals surface area contributed by atoms with E-state index in [0.29, 0.717) is 24.4 Å². The van der Waals surface area contributed by atoms with Crippen LogP contribution in [0.15, 0.2) is 0 Å². The molecule has 0 aromatic heterocycles. The number of Topliss-reactive ketones (excluding diaryl/α,β-unsaturated/α-hetero) is 2. The highest BCUT2D eigenvalue weighted by Gasteiger charge is 2.01. The lowest BCUT2D eigenvalue weighted by atomic mass is 10.1. The van der Waals surface area contributed by atoms with Gasteiger partial charge in [-0.3, -0.25) is 9.59 Å². The van der Waals surface area contributed by atoms with Crippen LogP contribution in [-0.4, -0.2) is 11.6 Å². The zero-order chi connectivity index (χ0) is 62.8. The van der Waals surface area contributed by atoms with E-state index in [2.05, 4.69) is 208 Å². The minimum atomic E-state index is 0.227. The summed E-state index contributed by atoms with van der Waals surface area (Å²) in [5, 5.41) is 0. The van der Waals surface area contributed by atoms with Crippen LogP contribution >= 0.6 is 0 Å². The quantitative estimate of drug-likeness (QED) is 0.266. The molecule has 0 atom stereocenters. The molecule has 0 amide bonds. The first-order valence-electron chi connectivity index (χ1n) is 31.4. The maximum absolute atomic E-state index is 10.5. The third-order valence-corrected chi connectivity index (χ3v) is 3.62. The SMILES string of the molecule is CC.CC.CC.CC.CC.CC.CC(C)C.CC(C)C.CC(C)C.CC(C)C.CCC.CCC.CCC.CCC.CCC.CCC.CCC(=O)C(C)C.CCC(=O)C(C)C.CCC(C)C.CCC(C)C. The van der Waals surface area contributed by atoms with Gasteiger partial charge in [-0.1, -0.05) is 384 Å². The van der Waals surface area contributed by atoms with Gasteiger partial charge in [-0.2, -0.15) is 0 Å². The van der Waals surface area contributed by atoms with Crippen molar-refractivity contribution >= 4 is 11.6 Å². The first-order chi connectivity index (χ1) is 32.3. The Labute approximate surface area is 463 Å². The third kappa shape index (κ3) is 1260. The summed E-state index contributed by atoms with van der Waals surface area (Å²) in [4.78, 5) is 21.0. The molecular formula is C68H172O2. The van der Waals surface area contributed by atoms with Crippen LogP contribution in [0.25, 0.3) is 0 Å². The predicted octanol–water partition coefficient (Wildman–Crippen LogP) is 28.7. The summed E-state index contributed by atoms with van der Waals surface area (Å²) >= 11 is 0. The molecule has 0 rings (SSSR count). The fourth-order valence-corrected chi connectivity index (χ4v) is 0.816. The molecule has 0 aliphatic rings. The van der Waals surface area contributed by atoms with Crippen LogP contribution in [0.1, 0.15) is 397 Å². The van der Waals surface area contributed by atoms with Crippen molar-refractivity contribution in [1.82, 2.24) is 0 Å². The van der Waals surface area contributed by atoms with Crippen LogP contribution in [0.4, 0.5) is 0 Å². The topological polar surface area (TPSA) is 34.1 Å². The first-order valence-corrected chi connectivity index (χ1v) is 31.4. The molecule has 0 radical (unpaired) electrons. The average molecular weight is 1020 g/mol. The van der Waals surface area contributed by atoms with Crippen LogP contribution in [0, 0.1) is 47.3 Å².